The Labute approximate surface area is 78.9 Å². The summed E-state index contributed by atoms with van der Waals surface area (Å²) in [7, 11) is 0. The summed E-state index contributed by atoms with van der Waals surface area (Å²) < 4.78 is 0.787. The summed E-state index contributed by atoms with van der Waals surface area (Å²) in [6, 6.07) is 4.99. The summed E-state index contributed by atoms with van der Waals surface area (Å²) in [5, 5.41) is 0. The van der Waals surface area contributed by atoms with Crippen LogP contribution in [0.15, 0.2) is 22.7 Å². The predicted molar refractivity (Wildman–Crippen MR) is 51.7 cm³/mol. The van der Waals surface area contributed by atoms with E-state index >= 15 is 0 Å². The molecule has 0 fully saturated rings. The van der Waals surface area contributed by atoms with Crippen molar-refractivity contribution in [2.45, 2.75) is 0 Å². The molecule has 0 aliphatic rings. The first-order valence-electron chi connectivity index (χ1n) is 3.21. The maximum atomic E-state index is 11.0. The maximum Gasteiger partial charge on any atom is 0.237 e. The van der Waals surface area contributed by atoms with Crippen molar-refractivity contribution in [1.82, 2.24) is 0 Å². The maximum absolute atomic E-state index is 11.0. The quantitative estimate of drug-likeness (QED) is 0.342. The summed E-state index contributed by atoms with van der Waals surface area (Å²) in [4.78, 5) is 11.0. The van der Waals surface area contributed by atoms with E-state index in [4.69, 9.17) is 12.2 Å². The molecular formula is C9H6BrNO. The molecule has 0 spiro atoms. The Hall–Kier alpha value is -1.27. The van der Waals surface area contributed by atoms with E-state index in [0.717, 1.165) is 4.47 Å². The molecule has 0 unspecified atom stereocenters. The van der Waals surface area contributed by atoms with Crippen LogP contribution in [-0.2, 0) is 0 Å². The summed E-state index contributed by atoms with van der Waals surface area (Å²) in [5.41, 5.74) is 6.30. The fourth-order valence-electron chi connectivity index (χ4n) is 0.803. The SMILES string of the molecule is C#CC(=O)c1cc(Br)ccc1N. The Morgan fingerprint density at radius 2 is 2.25 bits per heavy atom. The summed E-state index contributed by atoms with van der Waals surface area (Å²) in [6.07, 6.45) is 4.95. The normalized spacial score (nSPS) is 9.00. The van der Waals surface area contributed by atoms with E-state index in [0.29, 0.717) is 11.3 Å². The lowest BCUT2D eigenvalue weighted by Gasteiger charge is -1.99. The van der Waals surface area contributed by atoms with Crippen molar-refractivity contribution in [1.29, 1.82) is 0 Å². The van der Waals surface area contributed by atoms with Gasteiger partial charge in [0.05, 0.1) is 5.56 Å². The standard InChI is InChI=1S/C9H6BrNO/c1-2-9(12)7-5-6(10)3-4-8(7)11/h1,3-5H,11H2. The van der Waals surface area contributed by atoms with Crippen molar-refractivity contribution >= 4 is 27.4 Å². The molecule has 2 N–H and O–H groups in total. The van der Waals surface area contributed by atoms with E-state index in [-0.39, 0.29) is 0 Å². The molecule has 60 valence electrons. The van der Waals surface area contributed by atoms with E-state index in [1.165, 1.54) is 0 Å². The number of ketones is 1. The molecule has 1 aromatic rings. The third-order valence-electron chi connectivity index (χ3n) is 1.39. The highest BCUT2D eigenvalue weighted by Crippen LogP contribution is 2.18. The van der Waals surface area contributed by atoms with Crippen LogP contribution in [0.2, 0.25) is 0 Å². The highest BCUT2D eigenvalue weighted by molar-refractivity contribution is 9.10. The third kappa shape index (κ3) is 1.66. The van der Waals surface area contributed by atoms with Crippen molar-refractivity contribution in [3.05, 3.63) is 28.2 Å². The van der Waals surface area contributed by atoms with Crippen LogP contribution in [0, 0.1) is 12.3 Å². The molecule has 0 aromatic heterocycles. The van der Waals surface area contributed by atoms with Gasteiger partial charge in [0, 0.05) is 10.2 Å². The number of carbonyl (C=O) groups excluding carboxylic acids is 1. The Kier molecular flexibility index (Phi) is 2.51. The Morgan fingerprint density at radius 1 is 1.58 bits per heavy atom. The van der Waals surface area contributed by atoms with Crippen molar-refractivity contribution in [2.24, 2.45) is 0 Å². The fraction of sp³-hybridized carbons (Fsp3) is 0. The van der Waals surface area contributed by atoms with Crippen LogP contribution in [0.1, 0.15) is 10.4 Å². The second kappa shape index (κ2) is 3.42. The van der Waals surface area contributed by atoms with Crippen molar-refractivity contribution in [3.63, 3.8) is 0 Å². The van der Waals surface area contributed by atoms with E-state index in [9.17, 15) is 4.79 Å². The molecule has 1 rings (SSSR count). The van der Waals surface area contributed by atoms with Crippen LogP contribution < -0.4 is 5.73 Å². The van der Waals surface area contributed by atoms with Gasteiger partial charge in [0.25, 0.3) is 0 Å². The Balaban J connectivity index is 3.25. The lowest BCUT2D eigenvalue weighted by molar-refractivity contribution is 0.105. The molecule has 0 heterocycles. The summed E-state index contributed by atoms with van der Waals surface area (Å²) >= 11 is 3.22. The van der Waals surface area contributed by atoms with E-state index in [1.54, 1.807) is 18.2 Å². The van der Waals surface area contributed by atoms with Gasteiger partial charge in [-0.3, -0.25) is 4.79 Å². The lowest BCUT2D eigenvalue weighted by atomic mass is 10.1. The zero-order valence-electron chi connectivity index (χ0n) is 6.17. The molecule has 12 heavy (non-hydrogen) atoms. The first-order valence-corrected chi connectivity index (χ1v) is 4.00. The number of benzene rings is 1. The van der Waals surface area contributed by atoms with E-state index in [1.807, 2.05) is 5.92 Å². The van der Waals surface area contributed by atoms with Crippen molar-refractivity contribution in [2.75, 3.05) is 5.73 Å². The van der Waals surface area contributed by atoms with Crippen LogP contribution in [0.5, 0.6) is 0 Å². The zero-order chi connectivity index (χ0) is 9.14. The molecule has 0 aliphatic heterocycles. The number of carbonyl (C=O) groups is 1. The van der Waals surface area contributed by atoms with Crippen LogP contribution in [0.25, 0.3) is 0 Å². The van der Waals surface area contributed by atoms with Gasteiger partial charge in [-0.2, -0.15) is 0 Å². The van der Waals surface area contributed by atoms with Gasteiger partial charge >= 0.3 is 0 Å². The smallest absolute Gasteiger partial charge is 0.237 e. The molecule has 0 bridgehead atoms. The van der Waals surface area contributed by atoms with Crippen molar-refractivity contribution in [3.8, 4) is 12.3 Å². The van der Waals surface area contributed by atoms with Crippen LogP contribution >= 0.6 is 15.9 Å². The van der Waals surface area contributed by atoms with E-state index < -0.39 is 5.78 Å². The molecule has 3 heteroatoms. The second-order valence-electron chi connectivity index (χ2n) is 2.21. The fourth-order valence-corrected chi connectivity index (χ4v) is 1.16. The molecule has 1 aromatic carbocycles. The largest absolute Gasteiger partial charge is 0.398 e. The molecule has 0 aliphatic carbocycles. The van der Waals surface area contributed by atoms with Crippen LogP contribution in [0.4, 0.5) is 5.69 Å². The number of anilines is 1. The van der Waals surface area contributed by atoms with Gasteiger partial charge in [0.15, 0.2) is 0 Å². The second-order valence-corrected chi connectivity index (χ2v) is 3.12. The molecule has 0 saturated carbocycles. The highest BCUT2D eigenvalue weighted by atomic mass is 79.9. The van der Waals surface area contributed by atoms with Gasteiger partial charge in [-0.25, -0.2) is 0 Å². The average molecular weight is 224 g/mol. The van der Waals surface area contributed by atoms with Crippen LogP contribution in [-0.4, -0.2) is 5.78 Å². The van der Waals surface area contributed by atoms with Crippen LogP contribution in [0.3, 0.4) is 0 Å². The Morgan fingerprint density at radius 3 is 2.83 bits per heavy atom. The number of hydrogen-bond donors (Lipinski definition) is 1. The van der Waals surface area contributed by atoms with E-state index in [2.05, 4.69) is 15.9 Å². The van der Waals surface area contributed by atoms with Crippen molar-refractivity contribution < 1.29 is 4.79 Å². The number of nitrogens with two attached hydrogens (primary N) is 1. The Bertz CT molecular complexity index is 365. The number of terminal acetylenes is 1. The third-order valence-corrected chi connectivity index (χ3v) is 1.88. The molecule has 2 nitrogen and oxygen atoms in total. The summed E-state index contributed by atoms with van der Waals surface area (Å²) in [5.74, 6) is 1.61. The molecule has 0 radical (unpaired) electrons. The minimum absolute atomic E-state index is 0.367. The average Bonchev–Trinajstić information content (AvgIpc) is 2.08. The number of hydrogen-bond acceptors (Lipinski definition) is 2. The van der Waals surface area contributed by atoms with Gasteiger partial charge in [0.1, 0.15) is 0 Å². The first-order chi connectivity index (χ1) is 5.65. The lowest BCUT2D eigenvalue weighted by Crippen LogP contribution is -2.00. The first kappa shape index (κ1) is 8.82. The monoisotopic (exact) mass is 223 g/mol. The molecular weight excluding hydrogens is 218 g/mol. The highest BCUT2D eigenvalue weighted by Gasteiger charge is 2.06. The summed E-state index contributed by atoms with van der Waals surface area (Å²) in [6.45, 7) is 0. The number of nitrogen functional groups attached to an aromatic ring is 1. The van der Waals surface area contributed by atoms with Gasteiger partial charge < -0.3 is 5.73 Å². The van der Waals surface area contributed by atoms with Gasteiger partial charge in [-0.05, 0) is 24.1 Å². The molecule has 0 saturated heterocycles. The minimum Gasteiger partial charge on any atom is -0.398 e. The number of Topliss-reactive ketones (excluding diaryl/α,β-unsaturated/α-hetero) is 1. The van der Waals surface area contributed by atoms with Gasteiger partial charge in [-0.15, -0.1) is 6.42 Å². The number of rotatable bonds is 1. The molecule has 0 amide bonds. The predicted octanol–water partition coefficient (Wildman–Crippen LogP) is 1.85. The number of halogens is 1. The van der Waals surface area contributed by atoms with Gasteiger partial charge in [-0.1, -0.05) is 15.9 Å². The topological polar surface area (TPSA) is 43.1 Å². The molecule has 0 atom stereocenters. The zero-order valence-corrected chi connectivity index (χ0v) is 7.76. The van der Waals surface area contributed by atoms with Gasteiger partial charge in [0.2, 0.25) is 5.78 Å². The minimum atomic E-state index is -0.395.